The summed E-state index contributed by atoms with van der Waals surface area (Å²) in [7, 11) is 0. The minimum atomic E-state index is -0.611. The predicted molar refractivity (Wildman–Crippen MR) is 82.9 cm³/mol. The quantitative estimate of drug-likeness (QED) is 0.780. The first kappa shape index (κ1) is 17.0. The van der Waals surface area contributed by atoms with Gasteiger partial charge in [-0.1, -0.05) is 56.8 Å². The largest absolute Gasteiger partial charge is 0.441 e. The fourth-order valence-corrected chi connectivity index (χ4v) is 2.02. The molecule has 0 spiro atoms. The average Bonchev–Trinajstić information content (AvgIpc) is 2.51. The number of carbonyl (C=O) groups is 2. The molecule has 1 amide bonds. The first-order valence-electron chi connectivity index (χ1n) is 7.17. The van der Waals surface area contributed by atoms with E-state index in [2.05, 4.69) is 11.9 Å². The van der Waals surface area contributed by atoms with Crippen LogP contribution < -0.4 is 5.32 Å². The number of ketones is 1. The van der Waals surface area contributed by atoms with Crippen LogP contribution in [0, 0.1) is 5.92 Å². The summed E-state index contributed by atoms with van der Waals surface area (Å²) in [4.78, 5) is 23.6. The lowest BCUT2D eigenvalue weighted by atomic mass is 9.98. The van der Waals surface area contributed by atoms with Crippen LogP contribution in [0.4, 0.5) is 4.79 Å². The van der Waals surface area contributed by atoms with Gasteiger partial charge >= 0.3 is 6.09 Å². The predicted octanol–water partition coefficient (Wildman–Crippen LogP) is 3.64. The molecule has 0 saturated carbocycles. The first-order chi connectivity index (χ1) is 9.99. The molecule has 1 aromatic carbocycles. The van der Waals surface area contributed by atoms with E-state index in [1.54, 1.807) is 13.8 Å². The molecule has 21 heavy (non-hydrogen) atoms. The van der Waals surface area contributed by atoms with Gasteiger partial charge in [0, 0.05) is 6.42 Å². The van der Waals surface area contributed by atoms with Crippen LogP contribution in [0.3, 0.4) is 0 Å². The number of ether oxygens (including phenoxy) is 1. The number of benzene rings is 1. The summed E-state index contributed by atoms with van der Waals surface area (Å²) in [6.07, 6.45) is 0.745. The Morgan fingerprint density at radius 1 is 1.29 bits per heavy atom. The summed E-state index contributed by atoms with van der Waals surface area (Å²) in [5, 5.41) is 2.75. The molecule has 0 aliphatic rings. The third kappa shape index (κ3) is 5.06. The molecule has 0 aliphatic heterocycles. The molecule has 0 radical (unpaired) electrons. The molecule has 0 bridgehead atoms. The molecule has 0 aromatic heterocycles. The Balaban J connectivity index is 2.59. The van der Waals surface area contributed by atoms with E-state index in [1.165, 1.54) is 6.08 Å². The van der Waals surface area contributed by atoms with Gasteiger partial charge in [-0.15, -0.1) is 0 Å². The number of carbonyl (C=O) groups excluding carboxylic acids is 2. The molecule has 0 saturated heterocycles. The highest BCUT2D eigenvalue weighted by atomic mass is 16.6. The smallest absolute Gasteiger partial charge is 0.408 e. The summed E-state index contributed by atoms with van der Waals surface area (Å²) in [6, 6.07) is 9.43. The Kier molecular flexibility index (Phi) is 6.66. The van der Waals surface area contributed by atoms with Crippen molar-refractivity contribution in [3.8, 4) is 0 Å². The summed E-state index contributed by atoms with van der Waals surface area (Å²) < 4.78 is 5.29. The second-order valence-electron chi connectivity index (χ2n) is 4.99. The van der Waals surface area contributed by atoms with Gasteiger partial charge in [0.05, 0.1) is 12.0 Å². The van der Waals surface area contributed by atoms with Gasteiger partial charge in [0.2, 0.25) is 0 Å². The van der Waals surface area contributed by atoms with Gasteiger partial charge in [0.1, 0.15) is 11.9 Å². The SMILES string of the molecule is C=C[C@H](OC(=O)NC(C)c1ccccc1)[C@H](C)C(=O)CC. The van der Waals surface area contributed by atoms with E-state index in [0.29, 0.717) is 6.42 Å². The van der Waals surface area contributed by atoms with E-state index in [9.17, 15) is 9.59 Å². The second-order valence-corrected chi connectivity index (χ2v) is 4.99. The van der Waals surface area contributed by atoms with Crippen molar-refractivity contribution >= 4 is 11.9 Å². The zero-order valence-electron chi connectivity index (χ0n) is 12.8. The van der Waals surface area contributed by atoms with E-state index >= 15 is 0 Å². The molecular weight excluding hydrogens is 266 g/mol. The Bertz CT molecular complexity index is 484. The van der Waals surface area contributed by atoms with Gasteiger partial charge < -0.3 is 10.1 Å². The van der Waals surface area contributed by atoms with Crippen molar-refractivity contribution < 1.29 is 14.3 Å². The second kappa shape index (κ2) is 8.25. The highest BCUT2D eigenvalue weighted by molar-refractivity contribution is 5.81. The van der Waals surface area contributed by atoms with E-state index in [-0.39, 0.29) is 17.7 Å². The zero-order valence-corrected chi connectivity index (χ0v) is 12.8. The van der Waals surface area contributed by atoms with Crippen LogP contribution in [0.5, 0.6) is 0 Å². The fraction of sp³-hybridized carbons (Fsp3) is 0.412. The normalized spacial score (nSPS) is 14.6. The Morgan fingerprint density at radius 3 is 2.43 bits per heavy atom. The number of Topliss-reactive ketones (excluding diaryl/α,β-unsaturated/α-hetero) is 1. The number of alkyl carbamates (subject to hydrolysis) is 1. The van der Waals surface area contributed by atoms with Gasteiger partial charge in [-0.25, -0.2) is 4.79 Å². The number of nitrogens with one attached hydrogen (secondary N) is 1. The van der Waals surface area contributed by atoms with Crippen LogP contribution in [0.15, 0.2) is 43.0 Å². The highest BCUT2D eigenvalue weighted by Crippen LogP contribution is 2.15. The van der Waals surface area contributed by atoms with Crippen LogP contribution in [-0.2, 0) is 9.53 Å². The van der Waals surface area contributed by atoms with Crippen molar-refractivity contribution in [2.24, 2.45) is 5.92 Å². The lowest BCUT2D eigenvalue weighted by Crippen LogP contribution is -2.35. The molecule has 0 fully saturated rings. The molecule has 0 aliphatic carbocycles. The van der Waals surface area contributed by atoms with Crippen LogP contribution in [-0.4, -0.2) is 18.0 Å². The molecule has 4 heteroatoms. The van der Waals surface area contributed by atoms with Crippen LogP contribution in [0.2, 0.25) is 0 Å². The van der Waals surface area contributed by atoms with Gasteiger partial charge in [-0.05, 0) is 12.5 Å². The van der Waals surface area contributed by atoms with Crippen LogP contribution in [0.25, 0.3) is 0 Å². The summed E-state index contributed by atoms with van der Waals surface area (Å²) in [6.45, 7) is 9.04. The minimum absolute atomic E-state index is 0.0452. The topological polar surface area (TPSA) is 55.4 Å². The van der Waals surface area contributed by atoms with Crippen molar-refractivity contribution in [3.63, 3.8) is 0 Å². The lowest BCUT2D eigenvalue weighted by Gasteiger charge is -2.21. The van der Waals surface area contributed by atoms with Crippen molar-refractivity contribution in [2.45, 2.75) is 39.3 Å². The zero-order chi connectivity index (χ0) is 15.8. The molecular formula is C17H23NO3. The van der Waals surface area contributed by atoms with Gasteiger partial charge in [0.25, 0.3) is 0 Å². The van der Waals surface area contributed by atoms with Gasteiger partial charge in [0.15, 0.2) is 0 Å². The summed E-state index contributed by atoms with van der Waals surface area (Å²) in [5.74, 6) is -0.339. The van der Waals surface area contributed by atoms with Crippen molar-refractivity contribution in [1.82, 2.24) is 5.32 Å². The van der Waals surface area contributed by atoms with Gasteiger partial charge in [-0.3, -0.25) is 4.79 Å². The molecule has 114 valence electrons. The maximum absolute atomic E-state index is 11.9. The monoisotopic (exact) mass is 289 g/mol. The summed E-state index contributed by atoms with van der Waals surface area (Å²) in [5.41, 5.74) is 0.988. The molecule has 3 atom stereocenters. The van der Waals surface area contributed by atoms with Gasteiger partial charge in [-0.2, -0.15) is 0 Å². The van der Waals surface area contributed by atoms with Crippen LogP contribution in [0.1, 0.15) is 38.8 Å². The average molecular weight is 289 g/mol. The van der Waals surface area contributed by atoms with Crippen molar-refractivity contribution in [2.75, 3.05) is 0 Å². The minimum Gasteiger partial charge on any atom is -0.441 e. The Labute approximate surface area is 126 Å². The Morgan fingerprint density at radius 2 is 1.90 bits per heavy atom. The third-order valence-corrected chi connectivity index (χ3v) is 3.46. The Hall–Kier alpha value is -2.10. The van der Waals surface area contributed by atoms with Crippen molar-refractivity contribution in [3.05, 3.63) is 48.6 Å². The summed E-state index contributed by atoms with van der Waals surface area (Å²) >= 11 is 0. The molecule has 1 N–H and O–H groups in total. The number of rotatable bonds is 7. The number of hydrogen-bond donors (Lipinski definition) is 1. The first-order valence-corrected chi connectivity index (χ1v) is 7.17. The molecule has 1 aromatic rings. The maximum atomic E-state index is 11.9. The molecule has 0 heterocycles. The third-order valence-electron chi connectivity index (χ3n) is 3.46. The van der Waals surface area contributed by atoms with Crippen molar-refractivity contribution in [1.29, 1.82) is 0 Å². The number of amides is 1. The fourth-order valence-electron chi connectivity index (χ4n) is 2.02. The van der Waals surface area contributed by atoms with Crippen LogP contribution >= 0.6 is 0 Å². The standard InChI is InChI=1S/C17H23NO3/c1-5-15(19)12(3)16(6-2)21-17(20)18-13(4)14-10-8-7-9-11-14/h6-13,16H,2,5H2,1,3-4H3,(H,18,20)/t12-,13?,16+/m1/s1. The number of hydrogen-bond acceptors (Lipinski definition) is 3. The van der Waals surface area contributed by atoms with E-state index in [4.69, 9.17) is 4.74 Å². The van der Waals surface area contributed by atoms with E-state index < -0.39 is 12.2 Å². The molecule has 1 unspecified atom stereocenters. The lowest BCUT2D eigenvalue weighted by molar-refractivity contribution is -0.124. The maximum Gasteiger partial charge on any atom is 0.408 e. The molecule has 1 rings (SSSR count). The van der Waals surface area contributed by atoms with E-state index in [1.807, 2.05) is 37.3 Å². The van der Waals surface area contributed by atoms with E-state index in [0.717, 1.165) is 5.56 Å². The molecule has 4 nitrogen and oxygen atoms in total. The highest BCUT2D eigenvalue weighted by Gasteiger charge is 2.24.